The molecule has 0 radical (unpaired) electrons. The second-order valence-electron chi connectivity index (χ2n) is 18.0. The van der Waals surface area contributed by atoms with Crippen LogP contribution in [0.5, 0.6) is 23.0 Å². The summed E-state index contributed by atoms with van der Waals surface area (Å²) in [6.07, 6.45) is 0. The third-order valence-corrected chi connectivity index (χ3v) is 14.6. The molecule has 7 heterocycles. The molecule has 63 heavy (non-hydrogen) atoms. The van der Waals surface area contributed by atoms with Crippen molar-refractivity contribution in [3.63, 3.8) is 0 Å². The predicted molar refractivity (Wildman–Crippen MR) is 258 cm³/mol. The van der Waals surface area contributed by atoms with Crippen molar-refractivity contribution in [3.8, 4) is 50.9 Å². The van der Waals surface area contributed by atoms with Crippen molar-refractivity contribution in [2.24, 2.45) is 0 Å². The van der Waals surface area contributed by atoms with Crippen LogP contribution in [0.1, 0.15) is 11.1 Å². The third-order valence-electron chi connectivity index (χ3n) is 14.6. The van der Waals surface area contributed by atoms with Crippen LogP contribution in [0.2, 0.25) is 0 Å². The monoisotopic (exact) mass is 803 g/mol. The Morgan fingerprint density at radius 1 is 0.429 bits per heavy atom. The molecule has 4 aliphatic rings. The van der Waals surface area contributed by atoms with E-state index in [4.69, 9.17) is 18.3 Å². The van der Waals surface area contributed by atoms with Gasteiger partial charge in [0, 0.05) is 44.4 Å². The Hall–Kier alpha value is -7.89. The lowest BCUT2D eigenvalue weighted by Crippen LogP contribution is -2.65. The molecule has 0 saturated heterocycles. The van der Waals surface area contributed by atoms with E-state index in [0.717, 1.165) is 139 Å². The first-order valence-electron chi connectivity index (χ1n) is 21.8. The van der Waals surface area contributed by atoms with Crippen LogP contribution in [-0.2, 0) is 0 Å². The molecule has 9 aromatic carbocycles. The van der Waals surface area contributed by atoms with E-state index in [1.165, 1.54) is 21.9 Å². The Balaban J connectivity index is 1.16. The Morgan fingerprint density at radius 2 is 0.905 bits per heavy atom. The summed E-state index contributed by atoms with van der Waals surface area (Å²) in [6.45, 7) is 3.99. The molecular formula is C56H31B2NO4. The number of rotatable bonds is 2. The molecule has 5 nitrogen and oxygen atoms in total. The van der Waals surface area contributed by atoms with Crippen LogP contribution in [0.3, 0.4) is 0 Å². The average Bonchev–Trinajstić information content (AvgIpc) is 3.99. The van der Waals surface area contributed by atoms with Crippen molar-refractivity contribution in [1.82, 2.24) is 4.57 Å². The molecule has 3 aromatic heterocycles. The van der Waals surface area contributed by atoms with Crippen molar-refractivity contribution in [2.45, 2.75) is 13.8 Å². The van der Waals surface area contributed by atoms with Gasteiger partial charge in [-0.05, 0) is 81.0 Å². The van der Waals surface area contributed by atoms with Crippen LogP contribution in [-0.4, -0.2) is 18.0 Å². The van der Waals surface area contributed by atoms with Crippen molar-refractivity contribution in [3.05, 3.63) is 163 Å². The fourth-order valence-corrected chi connectivity index (χ4v) is 12.1. The molecule has 0 atom stereocenters. The lowest BCUT2D eigenvalue weighted by molar-refractivity contribution is 0.467. The zero-order chi connectivity index (χ0) is 41.0. The Kier molecular flexibility index (Phi) is 5.80. The van der Waals surface area contributed by atoms with Crippen LogP contribution >= 0.6 is 0 Å². The van der Waals surface area contributed by atoms with Crippen molar-refractivity contribution in [2.75, 3.05) is 0 Å². The first-order valence-corrected chi connectivity index (χ1v) is 21.8. The summed E-state index contributed by atoms with van der Waals surface area (Å²) < 4.78 is 31.5. The molecule has 0 aliphatic carbocycles. The summed E-state index contributed by atoms with van der Waals surface area (Å²) >= 11 is 0. The van der Waals surface area contributed by atoms with Gasteiger partial charge in [-0.25, -0.2) is 0 Å². The molecule has 7 heteroatoms. The van der Waals surface area contributed by atoms with Gasteiger partial charge in [0.2, 0.25) is 0 Å². The van der Waals surface area contributed by atoms with E-state index in [9.17, 15) is 0 Å². The molecule has 0 bridgehead atoms. The molecule has 0 unspecified atom stereocenters. The number of para-hydroxylation sites is 2. The van der Waals surface area contributed by atoms with E-state index in [1.807, 2.05) is 0 Å². The maximum Gasteiger partial charge on any atom is 0.256 e. The Bertz CT molecular complexity index is 3860. The number of furan rings is 2. The molecule has 0 N–H and O–H groups in total. The molecule has 0 fully saturated rings. The number of fused-ring (bicyclic) bond motifs is 15. The zero-order valence-corrected chi connectivity index (χ0v) is 34.2. The number of ether oxygens (including phenoxy) is 2. The van der Waals surface area contributed by atoms with E-state index in [0.29, 0.717) is 0 Å². The molecule has 12 aromatic rings. The number of hydrogen-bond acceptors (Lipinski definition) is 4. The molecule has 290 valence electrons. The highest BCUT2D eigenvalue weighted by Crippen LogP contribution is 2.50. The summed E-state index contributed by atoms with van der Waals surface area (Å²) in [5.41, 5.74) is 20.8. The molecule has 4 aliphatic heterocycles. The molecule has 0 saturated carbocycles. The van der Waals surface area contributed by atoms with E-state index < -0.39 is 0 Å². The van der Waals surface area contributed by atoms with E-state index >= 15 is 0 Å². The second-order valence-corrected chi connectivity index (χ2v) is 18.0. The first kappa shape index (κ1) is 32.8. The van der Waals surface area contributed by atoms with Crippen molar-refractivity contribution < 1.29 is 18.3 Å². The topological polar surface area (TPSA) is 49.7 Å². The third kappa shape index (κ3) is 3.90. The predicted octanol–water partition coefficient (Wildman–Crippen LogP) is 10.4. The summed E-state index contributed by atoms with van der Waals surface area (Å²) in [5.74, 6) is 3.40. The summed E-state index contributed by atoms with van der Waals surface area (Å²) in [4.78, 5) is 0. The lowest BCUT2D eigenvalue weighted by Gasteiger charge is -2.41. The van der Waals surface area contributed by atoms with Crippen LogP contribution in [0.25, 0.3) is 93.6 Å². The second kappa shape index (κ2) is 11.1. The molecular weight excluding hydrogens is 772 g/mol. The smallest absolute Gasteiger partial charge is 0.256 e. The Morgan fingerprint density at radius 3 is 1.38 bits per heavy atom. The minimum absolute atomic E-state index is 0.139. The largest absolute Gasteiger partial charge is 0.458 e. The SMILES string of the molecule is Cc1ccc2c(c1)oc1c2cc2c3c1c1c4oc5cc(C)ccc5c4cc4c1n3-c1c3c(cc5c1B4c1cccc(-c4ccccc4)c1O5)Oc1c(cccc1-c1ccccc1)B32. The summed E-state index contributed by atoms with van der Waals surface area (Å²) in [6, 6.07) is 54.8. The molecule has 16 rings (SSSR count). The first-order chi connectivity index (χ1) is 31.1. The van der Waals surface area contributed by atoms with Gasteiger partial charge in [0.25, 0.3) is 13.4 Å². The van der Waals surface area contributed by atoms with Gasteiger partial charge < -0.3 is 22.9 Å². The van der Waals surface area contributed by atoms with Crippen molar-refractivity contribution in [1.29, 1.82) is 0 Å². The molecule has 0 spiro atoms. The fourth-order valence-electron chi connectivity index (χ4n) is 12.1. The minimum Gasteiger partial charge on any atom is -0.458 e. The van der Waals surface area contributed by atoms with Gasteiger partial charge in [0.05, 0.1) is 21.8 Å². The van der Waals surface area contributed by atoms with Crippen LogP contribution in [0, 0.1) is 13.8 Å². The van der Waals surface area contributed by atoms with Crippen LogP contribution < -0.4 is 42.3 Å². The number of aromatic nitrogens is 1. The quantitative estimate of drug-likeness (QED) is 0.163. The number of benzene rings is 9. The van der Waals surface area contributed by atoms with Gasteiger partial charge in [-0.15, -0.1) is 0 Å². The van der Waals surface area contributed by atoms with Gasteiger partial charge >= 0.3 is 0 Å². The van der Waals surface area contributed by atoms with Gasteiger partial charge in [-0.3, -0.25) is 0 Å². The molecule has 0 amide bonds. The van der Waals surface area contributed by atoms with Gasteiger partial charge in [-0.2, -0.15) is 0 Å². The highest BCUT2D eigenvalue weighted by atomic mass is 16.5. The normalized spacial score (nSPS) is 13.7. The highest BCUT2D eigenvalue weighted by Gasteiger charge is 2.50. The highest BCUT2D eigenvalue weighted by molar-refractivity contribution is 7.03. The zero-order valence-electron chi connectivity index (χ0n) is 34.2. The standard InChI is InChI=1S/C56H31B2NO4/c1-28-19-21-34-36-25-40-50-46(55(36)60-42(34)23-28)47-51-41(26-37-35-22-20-29(2)24-43(35)61-56(37)47)58-39-18-10-16-33(31-13-7-4-8-14-31)54(39)63-45-27-44-48(52(49(45)58)59(50)51)57(40)38-17-9-15-32(53(38)62-44)30-11-5-3-6-12-30/h3-27H,1-2H3. The van der Waals surface area contributed by atoms with Gasteiger partial charge in [0.15, 0.2) is 0 Å². The van der Waals surface area contributed by atoms with E-state index in [2.05, 4.69) is 170 Å². The van der Waals surface area contributed by atoms with Crippen molar-refractivity contribution >= 4 is 112 Å². The lowest BCUT2D eigenvalue weighted by atomic mass is 9.30. The number of nitrogens with zero attached hydrogens (tertiary/aromatic N) is 1. The van der Waals surface area contributed by atoms with E-state index in [-0.39, 0.29) is 13.4 Å². The van der Waals surface area contributed by atoms with Crippen LogP contribution in [0.4, 0.5) is 0 Å². The maximum atomic E-state index is 7.34. The summed E-state index contributed by atoms with van der Waals surface area (Å²) in [5, 5.41) is 6.60. The fraction of sp³-hybridized carbons (Fsp3) is 0.0357. The Labute approximate surface area is 360 Å². The number of hydrogen-bond donors (Lipinski definition) is 0. The van der Waals surface area contributed by atoms with Gasteiger partial charge in [0.1, 0.15) is 45.3 Å². The summed E-state index contributed by atoms with van der Waals surface area (Å²) in [7, 11) is 0. The van der Waals surface area contributed by atoms with Crippen LogP contribution in [0.15, 0.2) is 160 Å². The van der Waals surface area contributed by atoms with Gasteiger partial charge in [-0.1, -0.05) is 133 Å². The van der Waals surface area contributed by atoms with E-state index in [1.54, 1.807) is 0 Å². The average molecular weight is 803 g/mol. The minimum atomic E-state index is -0.139. The maximum absolute atomic E-state index is 7.34. The number of aryl methyl sites for hydroxylation is 2.